The highest BCUT2D eigenvalue weighted by Crippen LogP contribution is 2.49. The molecule has 20 heavy (non-hydrogen) atoms. The molecule has 3 aromatic rings. The molecule has 0 saturated heterocycles. The maximum Gasteiger partial charge on any atom is 0.654 e. The minimum Gasteiger partial charge on any atom is -0.434 e. The van der Waals surface area contributed by atoms with Crippen molar-refractivity contribution in [3.05, 3.63) is 55.2 Å². The van der Waals surface area contributed by atoms with Crippen molar-refractivity contribution in [1.29, 1.82) is 0 Å². The Morgan fingerprint density at radius 3 is 1.30 bits per heavy atom. The fraction of sp³-hybridized carbons (Fsp3) is 0. The summed E-state index contributed by atoms with van der Waals surface area (Å²) in [6.45, 7) is 0. The normalized spacial score (nSPS) is 11.2. The molecule has 7 nitrogen and oxygen atoms in total. The number of rotatable bonds is 6. The molecule has 0 radical (unpaired) electrons. The quantitative estimate of drug-likeness (QED) is 0.633. The van der Waals surface area contributed by atoms with Gasteiger partial charge < -0.3 is 26.8 Å². The predicted octanol–water partition coefficient (Wildman–Crippen LogP) is 4.11. The van der Waals surface area contributed by atoms with Crippen LogP contribution in [0.2, 0.25) is 0 Å². The highest BCUT2D eigenvalue weighted by molar-refractivity contribution is 7.49. The highest BCUT2D eigenvalue weighted by Gasteiger charge is 2.36. The summed E-state index contributed by atoms with van der Waals surface area (Å²) in [5, 5.41) is 0. The lowest BCUT2D eigenvalue weighted by Gasteiger charge is -2.14. The number of hydrogen-bond donors (Lipinski definition) is 0. The lowest BCUT2D eigenvalue weighted by atomic mass is 10.7. The van der Waals surface area contributed by atoms with Crippen molar-refractivity contribution in [3.8, 4) is 17.8 Å². The van der Waals surface area contributed by atoms with Crippen molar-refractivity contribution in [2.24, 2.45) is 0 Å². The van der Waals surface area contributed by atoms with E-state index in [1.165, 1.54) is 37.0 Å². The molecule has 0 bridgehead atoms. The van der Waals surface area contributed by atoms with Gasteiger partial charge in [0.25, 0.3) is 17.8 Å². The number of phosphoric acid groups is 1. The molecular formula is C12H9O7P. The Morgan fingerprint density at radius 2 is 1.05 bits per heavy atom. The van der Waals surface area contributed by atoms with Crippen molar-refractivity contribution in [1.82, 2.24) is 0 Å². The molecule has 0 aromatic carbocycles. The topological polar surface area (TPSA) is 84.2 Å². The van der Waals surface area contributed by atoms with E-state index in [0.29, 0.717) is 0 Å². The smallest absolute Gasteiger partial charge is 0.434 e. The second-order valence-electron chi connectivity index (χ2n) is 3.52. The molecule has 0 amide bonds. The molecule has 0 atom stereocenters. The Morgan fingerprint density at radius 1 is 0.700 bits per heavy atom. The van der Waals surface area contributed by atoms with Crippen LogP contribution in [0.4, 0.5) is 0 Å². The molecule has 3 aromatic heterocycles. The highest BCUT2D eigenvalue weighted by atomic mass is 31.2. The van der Waals surface area contributed by atoms with E-state index < -0.39 is 7.82 Å². The Bertz CT molecular complexity index is 574. The van der Waals surface area contributed by atoms with Gasteiger partial charge in [-0.15, -0.1) is 0 Å². The molecule has 3 heterocycles. The van der Waals surface area contributed by atoms with Gasteiger partial charge in [-0.05, 0) is 18.2 Å². The van der Waals surface area contributed by atoms with E-state index in [9.17, 15) is 4.57 Å². The first kappa shape index (κ1) is 12.5. The fourth-order valence-electron chi connectivity index (χ4n) is 1.33. The van der Waals surface area contributed by atoms with Crippen LogP contribution in [0.15, 0.2) is 68.4 Å². The second-order valence-corrected chi connectivity index (χ2v) is 4.96. The van der Waals surface area contributed by atoms with Crippen LogP contribution in [0.25, 0.3) is 0 Å². The minimum absolute atomic E-state index is 0.0218. The summed E-state index contributed by atoms with van der Waals surface area (Å²) < 4.78 is 42.8. The Labute approximate surface area is 113 Å². The monoisotopic (exact) mass is 296 g/mol. The van der Waals surface area contributed by atoms with Crippen LogP contribution >= 0.6 is 7.82 Å². The largest absolute Gasteiger partial charge is 0.654 e. The van der Waals surface area contributed by atoms with Crippen molar-refractivity contribution >= 4 is 7.82 Å². The van der Waals surface area contributed by atoms with Gasteiger partial charge in [-0.3, -0.25) is 0 Å². The third-order valence-electron chi connectivity index (χ3n) is 2.09. The number of furan rings is 3. The van der Waals surface area contributed by atoms with Gasteiger partial charge in [-0.25, -0.2) is 0 Å². The predicted molar refractivity (Wildman–Crippen MR) is 65.6 cm³/mol. The molecule has 3 rings (SSSR count). The van der Waals surface area contributed by atoms with Gasteiger partial charge >= 0.3 is 7.82 Å². The fourth-order valence-corrected chi connectivity index (χ4v) is 2.42. The summed E-state index contributed by atoms with van der Waals surface area (Å²) >= 11 is 0. The molecular weight excluding hydrogens is 287 g/mol. The van der Waals surface area contributed by atoms with Crippen LogP contribution in [0.3, 0.4) is 0 Å². The first-order valence-corrected chi connectivity index (χ1v) is 6.99. The Kier molecular flexibility index (Phi) is 3.26. The van der Waals surface area contributed by atoms with Gasteiger partial charge in [-0.1, -0.05) is 0 Å². The van der Waals surface area contributed by atoms with E-state index in [2.05, 4.69) is 0 Å². The average molecular weight is 296 g/mol. The first-order chi connectivity index (χ1) is 9.73. The number of hydrogen-bond acceptors (Lipinski definition) is 7. The second kappa shape index (κ2) is 5.22. The maximum atomic E-state index is 12.6. The van der Waals surface area contributed by atoms with Crippen molar-refractivity contribution in [2.45, 2.75) is 0 Å². The SMILES string of the molecule is O=P(Oc1ccco1)(Oc1ccco1)Oc1ccco1. The molecule has 0 aliphatic carbocycles. The summed E-state index contributed by atoms with van der Waals surface area (Å²) in [6, 6.07) is 9.09. The van der Waals surface area contributed by atoms with Gasteiger partial charge in [0.1, 0.15) is 0 Å². The third kappa shape index (κ3) is 2.89. The molecule has 8 heteroatoms. The van der Waals surface area contributed by atoms with Gasteiger partial charge in [-0.2, -0.15) is 4.57 Å². The van der Waals surface area contributed by atoms with Gasteiger partial charge in [0.05, 0.1) is 18.8 Å². The van der Waals surface area contributed by atoms with Gasteiger partial charge in [0.15, 0.2) is 0 Å². The molecule has 0 N–H and O–H groups in total. The summed E-state index contributed by atoms with van der Waals surface area (Å²) in [7, 11) is -4.07. The summed E-state index contributed by atoms with van der Waals surface area (Å²) in [5.74, 6) is -0.0654. The molecule has 0 saturated carbocycles. The lowest BCUT2D eigenvalue weighted by molar-refractivity contribution is 0.229. The van der Waals surface area contributed by atoms with Crippen LogP contribution in [-0.2, 0) is 4.57 Å². The summed E-state index contributed by atoms with van der Waals surface area (Å²) in [6.07, 6.45) is 4.08. The standard InChI is InChI=1S/C12H9O7P/c13-20(17-10-4-1-7-14-10,18-11-5-2-8-15-11)19-12-6-3-9-16-12/h1-9H. The zero-order valence-corrected chi connectivity index (χ0v) is 10.9. The van der Waals surface area contributed by atoms with Crippen molar-refractivity contribution < 1.29 is 31.4 Å². The van der Waals surface area contributed by atoms with Gasteiger partial charge in [0.2, 0.25) is 0 Å². The van der Waals surface area contributed by atoms with E-state index in [-0.39, 0.29) is 17.8 Å². The molecule has 104 valence electrons. The van der Waals surface area contributed by atoms with E-state index in [1.807, 2.05) is 0 Å². The van der Waals surface area contributed by atoms with E-state index >= 15 is 0 Å². The molecule has 0 fully saturated rings. The molecule has 0 aliphatic rings. The zero-order valence-electron chi connectivity index (χ0n) is 10.0. The van der Waals surface area contributed by atoms with Crippen molar-refractivity contribution in [2.75, 3.05) is 0 Å². The third-order valence-corrected chi connectivity index (χ3v) is 3.30. The molecule has 0 aliphatic heterocycles. The van der Waals surface area contributed by atoms with Crippen LogP contribution in [0.5, 0.6) is 17.8 Å². The van der Waals surface area contributed by atoms with Crippen LogP contribution in [0.1, 0.15) is 0 Å². The maximum absolute atomic E-state index is 12.6. The van der Waals surface area contributed by atoms with E-state index in [1.54, 1.807) is 18.2 Å². The van der Waals surface area contributed by atoms with Gasteiger partial charge in [0, 0.05) is 18.2 Å². The first-order valence-electron chi connectivity index (χ1n) is 5.53. The van der Waals surface area contributed by atoms with Crippen LogP contribution < -0.4 is 13.6 Å². The Balaban J connectivity index is 1.83. The summed E-state index contributed by atoms with van der Waals surface area (Å²) in [5.41, 5.74) is 0. The molecule has 0 unspecified atom stereocenters. The zero-order chi connectivity index (χ0) is 13.8. The van der Waals surface area contributed by atoms with Crippen LogP contribution in [0, 0.1) is 0 Å². The Hall–Kier alpha value is -2.53. The average Bonchev–Trinajstić information content (AvgIpc) is 3.11. The van der Waals surface area contributed by atoms with E-state index in [4.69, 9.17) is 26.8 Å². The molecule has 0 spiro atoms. The minimum atomic E-state index is -4.07. The van der Waals surface area contributed by atoms with Crippen LogP contribution in [-0.4, -0.2) is 0 Å². The lowest BCUT2D eigenvalue weighted by Crippen LogP contribution is -2.06. The summed E-state index contributed by atoms with van der Waals surface area (Å²) in [4.78, 5) is 0. The van der Waals surface area contributed by atoms with E-state index in [0.717, 1.165) is 0 Å². The number of phosphoric ester groups is 1. The van der Waals surface area contributed by atoms with Crippen molar-refractivity contribution in [3.63, 3.8) is 0 Å².